The molecule has 2 fully saturated rings. The van der Waals surface area contributed by atoms with Gasteiger partial charge in [-0.25, -0.2) is 9.36 Å². The van der Waals surface area contributed by atoms with Crippen LogP contribution in [0.15, 0.2) is 35.4 Å². The number of hydrogen-bond acceptors (Lipinski definition) is 6. The Hall–Kier alpha value is -2.03. The summed E-state index contributed by atoms with van der Waals surface area (Å²) in [6, 6.07) is 4.72. The minimum absolute atomic E-state index is 0.0565. The van der Waals surface area contributed by atoms with Gasteiger partial charge in [0, 0.05) is 25.0 Å². The SMILES string of the molecule is O=c1ccc(-n2cccn2)nn1C1COCC1NCC1(O)CCCCC1. The third-order valence-corrected chi connectivity index (χ3v) is 5.39. The fourth-order valence-electron chi connectivity index (χ4n) is 3.87. The highest BCUT2D eigenvalue weighted by Crippen LogP contribution is 2.28. The molecule has 0 bridgehead atoms. The van der Waals surface area contributed by atoms with Gasteiger partial charge < -0.3 is 15.2 Å². The van der Waals surface area contributed by atoms with Crippen LogP contribution in [0.2, 0.25) is 0 Å². The molecule has 1 aliphatic carbocycles. The molecule has 1 saturated carbocycles. The molecule has 26 heavy (non-hydrogen) atoms. The van der Waals surface area contributed by atoms with Crippen LogP contribution in [-0.2, 0) is 4.74 Å². The topological polar surface area (TPSA) is 94.2 Å². The van der Waals surface area contributed by atoms with Crippen molar-refractivity contribution in [2.75, 3.05) is 19.8 Å². The molecule has 2 atom stereocenters. The van der Waals surface area contributed by atoms with Gasteiger partial charge in [0.05, 0.1) is 30.9 Å². The average molecular weight is 359 g/mol. The van der Waals surface area contributed by atoms with Crippen molar-refractivity contribution < 1.29 is 9.84 Å². The second-order valence-electron chi connectivity index (χ2n) is 7.30. The monoisotopic (exact) mass is 359 g/mol. The van der Waals surface area contributed by atoms with Crippen LogP contribution in [0.5, 0.6) is 0 Å². The van der Waals surface area contributed by atoms with E-state index in [9.17, 15) is 9.90 Å². The Morgan fingerprint density at radius 2 is 2.12 bits per heavy atom. The first kappa shape index (κ1) is 17.4. The maximum Gasteiger partial charge on any atom is 0.267 e. The summed E-state index contributed by atoms with van der Waals surface area (Å²) in [4.78, 5) is 12.4. The van der Waals surface area contributed by atoms with Crippen molar-refractivity contribution in [3.8, 4) is 5.82 Å². The average Bonchev–Trinajstić information content (AvgIpc) is 3.33. The molecule has 2 aliphatic rings. The van der Waals surface area contributed by atoms with E-state index in [0.29, 0.717) is 25.6 Å². The first-order chi connectivity index (χ1) is 12.6. The standard InChI is InChI=1S/C18H25N5O3/c24-17-6-5-16(22-10-4-9-20-22)21-23(17)15-12-26-11-14(15)19-13-18(25)7-2-1-3-8-18/h4-6,9-10,14-15,19,25H,1-3,7-8,11-13H2. The van der Waals surface area contributed by atoms with Crippen LogP contribution in [-0.4, -0.2) is 56.1 Å². The van der Waals surface area contributed by atoms with Crippen LogP contribution in [0.4, 0.5) is 0 Å². The molecule has 1 saturated heterocycles. The van der Waals surface area contributed by atoms with E-state index < -0.39 is 5.60 Å². The summed E-state index contributed by atoms with van der Waals surface area (Å²) in [6.45, 7) is 1.44. The highest BCUT2D eigenvalue weighted by molar-refractivity contribution is 5.18. The van der Waals surface area contributed by atoms with Crippen molar-refractivity contribution in [2.24, 2.45) is 0 Å². The van der Waals surface area contributed by atoms with Gasteiger partial charge in [-0.3, -0.25) is 4.79 Å². The van der Waals surface area contributed by atoms with E-state index in [2.05, 4.69) is 15.5 Å². The fourth-order valence-corrected chi connectivity index (χ4v) is 3.87. The molecule has 2 aromatic heterocycles. The minimum Gasteiger partial charge on any atom is -0.389 e. The summed E-state index contributed by atoms with van der Waals surface area (Å²) in [5, 5.41) is 22.8. The van der Waals surface area contributed by atoms with Gasteiger partial charge in [0.1, 0.15) is 0 Å². The molecule has 2 unspecified atom stereocenters. The Morgan fingerprint density at radius 3 is 2.88 bits per heavy atom. The van der Waals surface area contributed by atoms with Crippen molar-refractivity contribution >= 4 is 0 Å². The van der Waals surface area contributed by atoms with Crippen LogP contribution >= 0.6 is 0 Å². The van der Waals surface area contributed by atoms with Gasteiger partial charge >= 0.3 is 0 Å². The van der Waals surface area contributed by atoms with E-state index in [4.69, 9.17) is 4.74 Å². The smallest absolute Gasteiger partial charge is 0.267 e. The predicted molar refractivity (Wildman–Crippen MR) is 95.3 cm³/mol. The first-order valence-electron chi connectivity index (χ1n) is 9.28. The Balaban J connectivity index is 1.51. The second kappa shape index (κ2) is 7.30. The number of aromatic nitrogens is 4. The van der Waals surface area contributed by atoms with Gasteiger partial charge in [0.25, 0.3) is 5.56 Å². The van der Waals surface area contributed by atoms with Crippen LogP contribution < -0.4 is 10.9 Å². The largest absolute Gasteiger partial charge is 0.389 e. The van der Waals surface area contributed by atoms with Crippen molar-refractivity contribution in [2.45, 2.75) is 49.8 Å². The fraction of sp³-hybridized carbons (Fsp3) is 0.611. The maximum atomic E-state index is 12.4. The molecule has 140 valence electrons. The van der Waals surface area contributed by atoms with Crippen LogP contribution in [0.25, 0.3) is 5.82 Å². The van der Waals surface area contributed by atoms with Gasteiger partial charge in [0.2, 0.25) is 0 Å². The summed E-state index contributed by atoms with van der Waals surface area (Å²) in [7, 11) is 0. The van der Waals surface area contributed by atoms with Gasteiger partial charge in [-0.2, -0.15) is 5.10 Å². The Labute approximate surface area is 151 Å². The quantitative estimate of drug-likeness (QED) is 0.814. The lowest BCUT2D eigenvalue weighted by atomic mass is 9.84. The molecule has 8 heteroatoms. The zero-order valence-corrected chi connectivity index (χ0v) is 14.8. The van der Waals surface area contributed by atoms with Crippen LogP contribution in [0, 0.1) is 0 Å². The number of nitrogens with zero attached hydrogens (tertiary/aromatic N) is 4. The molecule has 1 aliphatic heterocycles. The zero-order valence-electron chi connectivity index (χ0n) is 14.8. The summed E-state index contributed by atoms with van der Waals surface area (Å²) in [6.07, 6.45) is 8.43. The molecule has 0 amide bonds. The molecule has 0 spiro atoms. The molecular weight excluding hydrogens is 334 g/mol. The summed E-state index contributed by atoms with van der Waals surface area (Å²) in [5.74, 6) is 0.589. The van der Waals surface area contributed by atoms with Crippen LogP contribution in [0.3, 0.4) is 0 Å². The highest BCUT2D eigenvalue weighted by atomic mass is 16.5. The minimum atomic E-state index is -0.652. The lowest BCUT2D eigenvalue weighted by molar-refractivity contribution is 0.00163. The van der Waals surface area contributed by atoms with Gasteiger partial charge in [0.15, 0.2) is 5.82 Å². The normalized spacial score (nSPS) is 25.4. The Kier molecular flexibility index (Phi) is 4.88. The van der Waals surface area contributed by atoms with Crippen molar-refractivity contribution in [3.63, 3.8) is 0 Å². The first-order valence-corrected chi connectivity index (χ1v) is 9.28. The lowest BCUT2D eigenvalue weighted by Crippen LogP contribution is -2.49. The van der Waals surface area contributed by atoms with Gasteiger partial charge in [-0.1, -0.05) is 19.3 Å². The van der Waals surface area contributed by atoms with E-state index in [1.54, 1.807) is 23.1 Å². The summed E-state index contributed by atoms with van der Waals surface area (Å²) in [5.41, 5.74) is -0.819. The van der Waals surface area contributed by atoms with Crippen molar-refractivity contribution in [3.05, 3.63) is 40.9 Å². The molecule has 4 rings (SSSR count). The third kappa shape index (κ3) is 3.58. The van der Waals surface area contributed by atoms with Crippen molar-refractivity contribution in [1.29, 1.82) is 0 Å². The molecular formula is C18H25N5O3. The molecule has 3 heterocycles. The molecule has 2 N–H and O–H groups in total. The Morgan fingerprint density at radius 1 is 1.27 bits per heavy atom. The molecule has 2 aromatic rings. The number of nitrogens with one attached hydrogen (secondary N) is 1. The predicted octanol–water partition coefficient (Wildman–Crippen LogP) is 0.654. The molecule has 0 radical (unpaired) electrons. The Bertz CT molecular complexity index is 782. The lowest BCUT2D eigenvalue weighted by Gasteiger charge is -2.34. The molecule has 0 aromatic carbocycles. The number of aliphatic hydroxyl groups is 1. The van der Waals surface area contributed by atoms with Crippen LogP contribution in [0.1, 0.15) is 38.1 Å². The highest BCUT2D eigenvalue weighted by Gasteiger charge is 2.35. The number of hydrogen-bond donors (Lipinski definition) is 2. The molecule has 8 nitrogen and oxygen atoms in total. The van der Waals surface area contributed by atoms with Gasteiger partial charge in [-0.15, -0.1) is 5.10 Å². The van der Waals surface area contributed by atoms with E-state index >= 15 is 0 Å². The maximum absolute atomic E-state index is 12.4. The van der Waals surface area contributed by atoms with E-state index in [1.165, 1.54) is 17.2 Å². The van der Waals surface area contributed by atoms with Gasteiger partial charge in [-0.05, 0) is 25.0 Å². The third-order valence-electron chi connectivity index (χ3n) is 5.39. The second-order valence-corrected chi connectivity index (χ2v) is 7.30. The van der Waals surface area contributed by atoms with E-state index in [0.717, 1.165) is 25.7 Å². The number of rotatable bonds is 5. The number of ether oxygens (including phenoxy) is 1. The van der Waals surface area contributed by atoms with E-state index in [-0.39, 0.29) is 17.6 Å². The van der Waals surface area contributed by atoms with Crippen molar-refractivity contribution in [1.82, 2.24) is 24.9 Å². The summed E-state index contributed by atoms with van der Waals surface area (Å²) < 4.78 is 8.72. The summed E-state index contributed by atoms with van der Waals surface area (Å²) >= 11 is 0. The zero-order chi connectivity index (χ0) is 18.0. The van der Waals surface area contributed by atoms with E-state index in [1.807, 2.05) is 6.07 Å².